The molecule has 0 bridgehead atoms. The molecule has 3 heterocycles. The maximum Gasteiger partial charge on any atom is 0.325 e. The van der Waals surface area contributed by atoms with Crippen molar-refractivity contribution in [3.05, 3.63) is 40.1 Å². The van der Waals surface area contributed by atoms with Crippen LogP contribution in [0.25, 0.3) is 0 Å². The fourth-order valence-corrected chi connectivity index (χ4v) is 7.13. The van der Waals surface area contributed by atoms with E-state index >= 15 is 0 Å². The highest BCUT2D eigenvalue weighted by molar-refractivity contribution is 7.18. The van der Waals surface area contributed by atoms with E-state index in [0.717, 1.165) is 52.3 Å². The number of nitrogens with zero attached hydrogens (tertiary/aromatic N) is 1. The smallest absolute Gasteiger partial charge is 0.325 e. The molecule has 1 aliphatic carbocycles. The van der Waals surface area contributed by atoms with Gasteiger partial charge in [0.2, 0.25) is 0 Å². The van der Waals surface area contributed by atoms with Crippen molar-refractivity contribution >= 4 is 75.1 Å². The Morgan fingerprint density at radius 3 is 2.52 bits per heavy atom. The zero-order valence-corrected chi connectivity index (χ0v) is 20.7. The van der Waals surface area contributed by atoms with Crippen molar-refractivity contribution in [2.24, 2.45) is 5.16 Å². The fourth-order valence-electron chi connectivity index (χ4n) is 3.84. The number of esters is 1. The van der Waals surface area contributed by atoms with Crippen LogP contribution in [0.3, 0.4) is 0 Å². The minimum atomic E-state index is -0.785. The molecular formula is C20H19Cl3N2O4S2. The van der Waals surface area contributed by atoms with E-state index < -0.39 is 11.6 Å². The summed E-state index contributed by atoms with van der Waals surface area (Å²) in [6.07, 6.45) is 4.24. The number of carbonyl (C=O) groups excluding carboxylic acids is 2. The van der Waals surface area contributed by atoms with Gasteiger partial charge in [0.25, 0.3) is 5.91 Å². The van der Waals surface area contributed by atoms with Crippen molar-refractivity contribution in [2.45, 2.75) is 44.6 Å². The fraction of sp³-hybridized carbons (Fsp3) is 0.450. The van der Waals surface area contributed by atoms with E-state index in [1.54, 1.807) is 0 Å². The lowest BCUT2D eigenvalue weighted by molar-refractivity contribution is -0.139. The molecule has 2 aromatic rings. The highest BCUT2D eigenvalue weighted by Gasteiger charge is 2.42. The lowest BCUT2D eigenvalue weighted by atomic mass is 9.89. The molecule has 166 valence electrons. The van der Waals surface area contributed by atoms with Crippen LogP contribution in [0.5, 0.6) is 0 Å². The summed E-state index contributed by atoms with van der Waals surface area (Å²) in [5, 5.41) is 7.71. The third kappa shape index (κ3) is 4.20. The Bertz CT molecular complexity index is 1090. The van der Waals surface area contributed by atoms with Gasteiger partial charge in [-0.05, 0) is 43.7 Å². The van der Waals surface area contributed by atoms with Crippen LogP contribution in [0.4, 0.5) is 0 Å². The van der Waals surface area contributed by atoms with Gasteiger partial charge in [-0.2, -0.15) is 0 Å². The van der Waals surface area contributed by atoms with Crippen LogP contribution < -0.4 is 5.32 Å². The zero-order chi connectivity index (χ0) is 22.3. The Morgan fingerprint density at radius 2 is 1.87 bits per heavy atom. The number of carbonyl (C=O) groups is 2. The molecule has 0 spiro atoms. The van der Waals surface area contributed by atoms with Crippen LogP contribution in [0, 0.1) is 0 Å². The second-order valence-corrected chi connectivity index (χ2v) is 11.0. The highest BCUT2D eigenvalue weighted by Crippen LogP contribution is 2.50. The summed E-state index contributed by atoms with van der Waals surface area (Å²) < 4.78 is 5.02. The van der Waals surface area contributed by atoms with E-state index in [1.165, 1.54) is 29.8 Å². The molecule has 1 unspecified atom stereocenters. The van der Waals surface area contributed by atoms with Crippen LogP contribution in [0.1, 0.15) is 56.7 Å². The normalized spacial score (nSPS) is 20.1. The Labute approximate surface area is 202 Å². The average molecular weight is 522 g/mol. The monoisotopic (exact) mass is 520 g/mol. The molecule has 0 saturated carbocycles. The number of hydrogen-bond acceptors (Lipinski definition) is 7. The number of halogens is 3. The third-order valence-corrected chi connectivity index (χ3v) is 9.55. The molecule has 0 saturated heterocycles. The van der Waals surface area contributed by atoms with Gasteiger partial charge in [-0.3, -0.25) is 9.59 Å². The van der Waals surface area contributed by atoms with Crippen molar-refractivity contribution in [1.82, 2.24) is 5.32 Å². The number of hydrogen-bond donors (Lipinski definition) is 1. The molecule has 2 aliphatic rings. The van der Waals surface area contributed by atoms with Gasteiger partial charge in [0, 0.05) is 6.42 Å². The molecule has 0 fully saturated rings. The van der Waals surface area contributed by atoms with Crippen molar-refractivity contribution in [1.29, 1.82) is 0 Å². The molecule has 1 atom stereocenters. The molecule has 31 heavy (non-hydrogen) atoms. The van der Waals surface area contributed by atoms with E-state index in [-0.39, 0.29) is 12.5 Å². The Balaban J connectivity index is 1.63. The molecular weight excluding hydrogens is 503 g/mol. The minimum Gasteiger partial charge on any atom is -0.468 e. The number of methoxy groups -OCH3 is 1. The average Bonchev–Trinajstić information content (AvgIpc) is 3.42. The van der Waals surface area contributed by atoms with Crippen LogP contribution in [0.15, 0.2) is 5.16 Å². The first-order chi connectivity index (χ1) is 14.7. The predicted molar refractivity (Wildman–Crippen MR) is 124 cm³/mol. The van der Waals surface area contributed by atoms with Crippen LogP contribution >= 0.6 is 57.5 Å². The highest BCUT2D eigenvalue weighted by atomic mass is 35.5. The number of nitrogens with one attached hydrogen (secondary N) is 1. The largest absolute Gasteiger partial charge is 0.468 e. The summed E-state index contributed by atoms with van der Waals surface area (Å²) in [7, 11) is 1.29. The summed E-state index contributed by atoms with van der Waals surface area (Å²) in [6.45, 7) is 1.73. The number of rotatable bonds is 5. The van der Waals surface area contributed by atoms with Crippen molar-refractivity contribution in [3.63, 3.8) is 0 Å². The molecule has 6 nitrogen and oxygen atoms in total. The summed E-state index contributed by atoms with van der Waals surface area (Å²) in [4.78, 5) is 32.3. The molecule has 11 heteroatoms. The van der Waals surface area contributed by atoms with Gasteiger partial charge < -0.3 is 14.9 Å². The van der Waals surface area contributed by atoms with Crippen LogP contribution in [-0.4, -0.2) is 31.2 Å². The maximum atomic E-state index is 12.8. The summed E-state index contributed by atoms with van der Waals surface area (Å²) in [5.74, 6) is -0.768. The van der Waals surface area contributed by atoms with Gasteiger partial charge in [-0.15, -0.1) is 22.7 Å². The Kier molecular flexibility index (Phi) is 6.57. The molecule has 1 N–H and O–H groups in total. The first kappa shape index (κ1) is 22.9. The lowest BCUT2D eigenvalue weighted by Gasteiger charge is -2.20. The van der Waals surface area contributed by atoms with Gasteiger partial charge in [-0.1, -0.05) is 40.0 Å². The Morgan fingerprint density at radius 1 is 1.16 bits per heavy atom. The lowest BCUT2D eigenvalue weighted by Crippen LogP contribution is -2.30. The zero-order valence-electron chi connectivity index (χ0n) is 16.8. The van der Waals surface area contributed by atoms with Gasteiger partial charge in [0.05, 0.1) is 31.8 Å². The van der Waals surface area contributed by atoms with Crippen LogP contribution in [-0.2, 0) is 32.8 Å². The quantitative estimate of drug-likeness (QED) is 0.520. The molecule has 2 aromatic heterocycles. The standard InChI is InChI=1S/C20H19Cl3N2O4S2/c1-20(17-13(21)14(22)18(23)31-17)7-11(25-29-20)15-9-5-3-4-6-10(9)16(30-15)19(27)24-8-12(26)28-2/h3-8H2,1-2H3,(H,24,27). The number of thiophene rings is 2. The molecule has 1 amide bonds. The van der Waals surface area contributed by atoms with Crippen molar-refractivity contribution in [2.75, 3.05) is 13.7 Å². The second-order valence-electron chi connectivity index (χ2n) is 7.55. The number of fused-ring (bicyclic) bond motifs is 1. The van der Waals surface area contributed by atoms with Gasteiger partial charge in [0.1, 0.15) is 16.6 Å². The van der Waals surface area contributed by atoms with Gasteiger partial charge in [0.15, 0.2) is 5.60 Å². The van der Waals surface area contributed by atoms with Gasteiger partial charge in [-0.25, -0.2) is 0 Å². The summed E-state index contributed by atoms with van der Waals surface area (Å²) >= 11 is 21.4. The maximum absolute atomic E-state index is 12.8. The Hall–Kier alpha value is -1.32. The van der Waals surface area contributed by atoms with Crippen molar-refractivity contribution < 1.29 is 19.2 Å². The number of ether oxygens (including phenoxy) is 1. The third-order valence-electron chi connectivity index (χ3n) is 5.41. The summed E-state index contributed by atoms with van der Waals surface area (Å²) in [6, 6.07) is 0. The predicted octanol–water partition coefficient (Wildman–Crippen LogP) is 5.59. The number of amides is 1. The van der Waals surface area contributed by atoms with E-state index in [9.17, 15) is 9.59 Å². The van der Waals surface area contributed by atoms with E-state index in [1.807, 2.05) is 6.92 Å². The van der Waals surface area contributed by atoms with E-state index in [2.05, 4.69) is 15.2 Å². The molecule has 1 aliphatic heterocycles. The van der Waals surface area contributed by atoms with Crippen molar-refractivity contribution in [3.8, 4) is 0 Å². The first-order valence-electron chi connectivity index (χ1n) is 9.64. The summed E-state index contributed by atoms with van der Waals surface area (Å²) in [5.41, 5.74) is 2.16. The van der Waals surface area contributed by atoms with Gasteiger partial charge >= 0.3 is 5.97 Å². The van der Waals surface area contributed by atoms with Crippen LogP contribution in [0.2, 0.25) is 14.4 Å². The van der Waals surface area contributed by atoms with E-state index in [0.29, 0.717) is 25.7 Å². The topological polar surface area (TPSA) is 77.0 Å². The SMILES string of the molecule is COC(=O)CNC(=O)c1sc(C2=NOC(C)(c3sc(Cl)c(Cl)c3Cl)C2)c2c1CCCC2. The molecule has 4 rings (SSSR count). The number of oxime groups is 1. The molecule has 0 aromatic carbocycles. The minimum absolute atomic E-state index is 0.169. The van der Waals surface area contributed by atoms with E-state index in [4.69, 9.17) is 39.6 Å². The first-order valence-corrected chi connectivity index (χ1v) is 12.4. The second kappa shape index (κ2) is 8.90. The molecule has 0 radical (unpaired) electrons.